The van der Waals surface area contributed by atoms with Gasteiger partial charge in [-0.05, 0) is 0 Å². The Kier molecular flexibility index (Phi) is 2.08. The van der Waals surface area contributed by atoms with E-state index in [2.05, 4.69) is 32.1 Å². The van der Waals surface area contributed by atoms with Crippen molar-refractivity contribution in [1.82, 2.24) is 0 Å². The molecule has 30 valence electrons. The summed E-state index contributed by atoms with van der Waals surface area (Å²) in [7, 11) is 0. The van der Waals surface area contributed by atoms with Crippen LogP contribution in [0.5, 0.6) is 0 Å². The van der Waals surface area contributed by atoms with E-state index >= 15 is 0 Å². The van der Waals surface area contributed by atoms with Crippen LogP contribution < -0.4 is 0 Å². The van der Waals surface area contributed by atoms with E-state index in [0.29, 0.717) is 0 Å². The zero-order valence-electron chi connectivity index (χ0n) is 3.95. The standard InChI is InChI=1S/C3H9AsGe/c1-5(2,3)4/h1-3H3. The van der Waals surface area contributed by atoms with Gasteiger partial charge in [0, 0.05) is 0 Å². The molecule has 0 N–H and O–H groups in total. The van der Waals surface area contributed by atoms with E-state index in [1.165, 1.54) is 0 Å². The van der Waals surface area contributed by atoms with Crippen molar-refractivity contribution in [1.29, 1.82) is 0 Å². The summed E-state index contributed by atoms with van der Waals surface area (Å²) in [5.41, 5.74) is 0. The van der Waals surface area contributed by atoms with E-state index in [1.54, 1.807) is 0 Å². The van der Waals surface area contributed by atoms with Crippen LogP contribution in [-0.4, -0.2) is 26.1 Å². The second-order valence-electron chi connectivity index (χ2n) is 2.17. The molecule has 0 aliphatic carbocycles. The summed E-state index contributed by atoms with van der Waals surface area (Å²) in [6.45, 7) is 0. The topological polar surface area (TPSA) is 0 Å². The molecule has 2 heteroatoms. The maximum absolute atomic E-state index is 2.77. The Morgan fingerprint density at radius 1 is 1.20 bits per heavy atom. The third kappa shape index (κ3) is 40.5. The Morgan fingerprint density at radius 2 is 1.20 bits per heavy atom. The van der Waals surface area contributed by atoms with Gasteiger partial charge in [-0.1, -0.05) is 0 Å². The van der Waals surface area contributed by atoms with E-state index in [1.807, 2.05) is 0 Å². The van der Waals surface area contributed by atoms with E-state index in [0.717, 1.165) is 0 Å². The predicted octanol–water partition coefficient (Wildman–Crippen LogP) is 0.990. The summed E-state index contributed by atoms with van der Waals surface area (Å²) in [5, 5.41) is 0. The zero-order valence-corrected chi connectivity index (χ0v) is 7.92. The Hall–Kier alpha value is 1.10. The summed E-state index contributed by atoms with van der Waals surface area (Å²) in [4.78, 5) is 0. The molecule has 0 aromatic carbocycles. The summed E-state index contributed by atoms with van der Waals surface area (Å²) in [6, 6.07) is 0. The van der Waals surface area contributed by atoms with Gasteiger partial charge in [-0.25, -0.2) is 0 Å². The molecule has 5 heavy (non-hydrogen) atoms. The van der Waals surface area contributed by atoms with E-state index in [9.17, 15) is 0 Å². The fourth-order valence-corrected chi connectivity index (χ4v) is 0. The molecule has 0 atom stereocenters. The van der Waals surface area contributed by atoms with Gasteiger partial charge in [0.2, 0.25) is 0 Å². The molecule has 0 aromatic rings. The second kappa shape index (κ2) is 1.70. The first-order chi connectivity index (χ1) is 2.00. The van der Waals surface area contributed by atoms with Crippen LogP contribution in [0.15, 0.2) is 0 Å². The van der Waals surface area contributed by atoms with Gasteiger partial charge in [-0.3, -0.25) is 0 Å². The molecule has 0 saturated heterocycles. The first kappa shape index (κ1) is 6.10. The molecular formula is C3H9AsGe. The van der Waals surface area contributed by atoms with Crippen LogP contribution in [0.1, 0.15) is 0 Å². The summed E-state index contributed by atoms with van der Waals surface area (Å²) >= 11 is 1.71. The van der Waals surface area contributed by atoms with Crippen LogP contribution in [0.25, 0.3) is 0 Å². The van der Waals surface area contributed by atoms with Crippen molar-refractivity contribution in [2.75, 3.05) is 0 Å². The second-order valence-corrected chi connectivity index (χ2v) is 25.9. The molecular weight excluding hydrogens is 184 g/mol. The fourth-order valence-electron chi connectivity index (χ4n) is 0. The van der Waals surface area contributed by atoms with Gasteiger partial charge in [0.25, 0.3) is 0 Å². The normalized spacial score (nSPS) is 12.0. The van der Waals surface area contributed by atoms with Crippen molar-refractivity contribution >= 4 is 26.1 Å². The molecule has 0 fully saturated rings. The average molecular weight is 193 g/mol. The molecule has 0 aromatic heterocycles. The number of rotatable bonds is 0. The minimum absolute atomic E-state index is 1.06. The molecule has 0 saturated carbocycles. The Morgan fingerprint density at radius 3 is 1.20 bits per heavy atom. The summed E-state index contributed by atoms with van der Waals surface area (Å²) < 4.78 is 0. The van der Waals surface area contributed by atoms with Gasteiger partial charge >= 0.3 is 43.4 Å². The molecule has 0 bridgehead atoms. The van der Waals surface area contributed by atoms with Crippen molar-refractivity contribution in [2.24, 2.45) is 0 Å². The van der Waals surface area contributed by atoms with Gasteiger partial charge < -0.3 is 0 Å². The predicted molar refractivity (Wildman–Crippen MR) is 29.1 cm³/mol. The number of hydrogen-bond acceptors (Lipinski definition) is 0. The Bertz CT molecular complexity index is 22.4. The SMILES string of the molecule is [CH3][Ge]([CH3])([CH3])[As]. The first-order valence-corrected chi connectivity index (χ1v) is 13.8. The van der Waals surface area contributed by atoms with Crippen molar-refractivity contribution in [3.05, 3.63) is 0 Å². The van der Waals surface area contributed by atoms with Crippen LogP contribution in [0.2, 0.25) is 17.3 Å². The van der Waals surface area contributed by atoms with Crippen LogP contribution in [0, 0.1) is 0 Å². The van der Waals surface area contributed by atoms with Crippen LogP contribution in [0.3, 0.4) is 0 Å². The van der Waals surface area contributed by atoms with Gasteiger partial charge in [0.15, 0.2) is 0 Å². The van der Waals surface area contributed by atoms with Crippen LogP contribution >= 0.6 is 0 Å². The van der Waals surface area contributed by atoms with Crippen molar-refractivity contribution < 1.29 is 0 Å². The quantitative estimate of drug-likeness (QED) is 0.503. The Labute approximate surface area is 43.5 Å². The van der Waals surface area contributed by atoms with E-state index < -0.39 is 11.2 Å². The third-order valence-electron chi connectivity index (χ3n) is 0. The summed E-state index contributed by atoms with van der Waals surface area (Å²) in [6.07, 6.45) is 0. The molecule has 0 aliphatic heterocycles. The molecule has 0 nitrogen and oxygen atoms in total. The van der Waals surface area contributed by atoms with Gasteiger partial charge in [0.05, 0.1) is 0 Å². The monoisotopic (exact) mass is 194 g/mol. The van der Waals surface area contributed by atoms with Gasteiger partial charge in [0.1, 0.15) is 0 Å². The molecule has 0 rings (SSSR count). The average Bonchev–Trinajstić information content (AvgIpc) is 0.722. The van der Waals surface area contributed by atoms with Gasteiger partial charge in [-0.15, -0.1) is 0 Å². The van der Waals surface area contributed by atoms with Crippen molar-refractivity contribution in [3.63, 3.8) is 0 Å². The van der Waals surface area contributed by atoms with Crippen LogP contribution in [-0.2, 0) is 0 Å². The maximum atomic E-state index is 2.77. The first-order valence-electron chi connectivity index (χ1n) is 1.72. The Balaban J connectivity index is 3.02. The molecule has 0 amide bonds. The van der Waals surface area contributed by atoms with Crippen LogP contribution in [0.4, 0.5) is 0 Å². The number of hydrogen-bond donors (Lipinski definition) is 0. The fraction of sp³-hybridized carbons (Fsp3) is 1.00. The molecule has 0 heterocycles. The van der Waals surface area contributed by atoms with E-state index in [4.69, 9.17) is 0 Å². The molecule has 2 radical (unpaired) electrons. The van der Waals surface area contributed by atoms with E-state index in [-0.39, 0.29) is 0 Å². The van der Waals surface area contributed by atoms with Crippen molar-refractivity contribution in [3.8, 4) is 0 Å². The molecule has 0 unspecified atom stereocenters. The summed E-state index contributed by atoms with van der Waals surface area (Å²) in [5.74, 6) is 7.04. The third-order valence-corrected chi connectivity index (χ3v) is 0. The van der Waals surface area contributed by atoms with Crippen molar-refractivity contribution in [2.45, 2.75) is 17.3 Å². The minimum atomic E-state index is -1.06. The molecule has 0 aliphatic rings. The van der Waals surface area contributed by atoms with Gasteiger partial charge in [-0.2, -0.15) is 0 Å². The molecule has 0 spiro atoms. The zero-order chi connectivity index (χ0) is 4.50.